The standard InChI is InChI=1S/C24H38N2/c1-3-5-6-7-8-9-13-19-24-25-23(21-26(24)20-4-2)18-14-17-22-15-11-10-12-16-22/h10-12,15-16,21H,3-9,13-14,17-20H2,1-2H3. The number of unbranched alkanes of at least 4 members (excludes halogenated alkanes) is 6. The second-order valence-electron chi connectivity index (χ2n) is 7.55. The smallest absolute Gasteiger partial charge is 0.108 e. The van der Waals surface area contributed by atoms with Crippen LogP contribution >= 0.6 is 0 Å². The first kappa shape index (κ1) is 20.7. The number of nitrogens with zero attached hydrogens (tertiary/aromatic N) is 2. The van der Waals surface area contributed by atoms with E-state index in [2.05, 4.69) is 54.9 Å². The molecule has 0 aliphatic carbocycles. The summed E-state index contributed by atoms with van der Waals surface area (Å²) in [5.74, 6) is 1.31. The summed E-state index contributed by atoms with van der Waals surface area (Å²) in [6.07, 6.45) is 17.6. The Hall–Kier alpha value is -1.57. The number of hydrogen-bond donors (Lipinski definition) is 0. The summed E-state index contributed by atoms with van der Waals surface area (Å²) in [6, 6.07) is 10.8. The summed E-state index contributed by atoms with van der Waals surface area (Å²) in [6.45, 7) is 5.65. The van der Waals surface area contributed by atoms with Gasteiger partial charge in [-0.25, -0.2) is 4.98 Å². The maximum Gasteiger partial charge on any atom is 0.108 e. The van der Waals surface area contributed by atoms with Crippen LogP contribution in [0.25, 0.3) is 0 Å². The van der Waals surface area contributed by atoms with Crippen molar-refractivity contribution in [3.63, 3.8) is 0 Å². The van der Waals surface area contributed by atoms with Gasteiger partial charge in [0.1, 0.15) is 5.82 Å². The molecule has 0 spiro atoms. The maximum absolute atomic E-state index is 4.97. The molecule has 0 saturated heterocycles. The lowest BCUT2D eigenvalue weighted by atomic mass is 10.1. The maximum atomic E-state index is 4.97. The van der Waals surface area contributed by atoms with Crippen molar-refractivity contribution >= 4 is 0 Å². The summed E-state index contributed by atoms with van der Waals surface area (Å²) >= 11 is 0. The Kier molecular flexibility index (Phi) is 10.2. The molecule has 0 N–H and O–H groups in total. The number of imidazole rings is 1. The van der Waals surface area contributed by atoms with Crippen molar-refractivity contribution in [1.82, 2.24) is 9.55 Å². The molecule has 2 heteroatoms. The topological polar surface area (TPSA) is 17.8 Å². The van der Waals surface area contributed by atoms with E-state index >= 15 is 0 Å². The fourth-order valence-electron chi connectivity index (χ4n) is 3.63. The van der Waals surface area contributed by atoms with E-state index in [-0.39, 0.29) is 0 Å². The first-order valence-electron chi connectivity index (χ1n) is 10.9. The molecule has 1 heterocycles. The van der Waals surface area contributed by atoms with Gasteiger partial charge in [0.05, 0.1) is 5.69 Å². The molecule has 2 nitrogen and oxygen atoms in total. The molecule has 0 radical (unpaired) electrons. The third-order valence-electron chi connectivity index (χ3n) is 5.12. The Morgan fingerprint density at radius 3 is 2.19 bits per heavy atom. The van der Waals surface area contributed by atoms with Gasteiger partial charge < -0.3 is 4.57 Å². The van der Waals surface area contributed by atoms with Crippen LogP contribution in [-0.4, -0.2) is 9.55 Å². The number of aromatic nitrogens is 2. The lowest BCUT2D eigenvalue weighted by molar-refractivity contribution is 0.568. The van der Waals surface area contributed by atoms with Gasteiger partial charge in [-0.15, -0.1) is 0 Å². The zero-order valence-electron chi connectivity index (χ0n) is 17.1. The Labute approximate surface area is 161 Å². The van der Waals surface area contributed by atoms with Gasteiger partial charge in [0.15, 0.2) is 0 Å². The van der Waals surface area contributed by atoms with Gasteiger partial charge in [0, 0.05) is 19.2 Å². The van der Waals surface area contributed by atoms with Crippen molar-refractivity contribution in [1.29, 1.82) is 0 Å². The molecule has 144 valence electrons. The Balaban J connectivity index is 1.75. The third kappa shape index (κ3) is 7.76. The van der Waals surface area contributed by atoms with Crippen molar-refractivity contribution in [2.24, 2.45) is 0 Å². The van der Waals surface area contributed by atoms with Crippen LogP contribution in [0, 0.1) is 0 Å². The summed E-state index contributed by atoms with van der Waals surface area (Å²) in [5, 5.41) is 0. The van der Waals surface area contributed by atoms with Crippen LogP contribution in [0.15, 0.2) is 36.5 Å². The molecule has 0 bridgehead atoms. The molecule has 0 aliphatic rings. The van der Waals surface area contributed by atoms with Gasteiger partial charge in [0.25, 0.3) is 0 Å². The zero-order valence-corrected chi connectivity index (χ0v) is 17.1. The van der Waals surface area contributed by atoms with Gasteiger partial charge in [0.2, 0.25) is 0 Å². The van der Waals surface area contributed by atoms with E-state index in [1.54, 1.807) is 0 Å². The second-order valence-corrected chi connectivity index (χ2v) is 7.55. The van der Waals surface area contributed by atoms with Gasteiger partial charge in [-0.2, -0.15) is 0 Å². The van der Waals surface area contributed by atoms with E-state index in [1.807, 2.05) is 0 Å². The summed E-state index contributed by atoms with van der Waals surface area (Å²) in [4.78, 5) is 4.97. The van der Waals surface area contributed by atoms with E-state index in [9.17, 15) is 0 Å². The minimum atomic E-state index is 1.09. The molecule has 0 saturated carbocycles. The minimum Gasteiger partial charge on any atom is -0.335 e. The number of rotatable bonds is 14. The fraction of sp³-hybridized carbons (Fsp3) is 0.625. The zero-order chi connectivity index (χ0) is 18.5. The molecule has 1 aromatic carbocycles. The van der Waals surface area contributed by atoms with Crippen molar-refractivity contribution in [2.45, 2.75) is 97.4 Å². The van der Waals surface area contributed by atoms with Crippen LogP contribution in [0.1, 0.15) is 88.7 Å². The molecule has 0 atom stereocenters. The summed E-state index contributed by atoms with van der Waals surface area (Å²) < 4.78 is 2.41. The number of hydrogen-bond acceptors (Lipinski definition) is 1. The Bertz CT molecular complexity index is 586. The highest BCUT2D eigenvalue weighted by atomic mass is 15.1. The SMILES string of the molecule is CCCCCCCCCc1nc(CCCc2ccccc2)cn1CCC. The van der Waals surface area contributed by atoms with E-state index in [0.717, 1.165) is 25.8 Å². The van der Waals surface area contributed by atoms with Gasteiger partial charge in [-0.3, -0.25) is 0 Å². The highest BCUT2D eigenvalue weighted by Gasteiger charge is 2.07. The Morgan fingerprint density at radius 1 is 0.731 bits per heavy atom. The van der Waals surface area contributed by atoms with Crippen molar-refractivity contribution < 1.29 is 0 Å². The molecule has 1 aromatic heterocycles. The lowest BCUT2D eigenvalue weighted by Gasteiger charge is -2.06. The minimum absolute atomic E-state index is 1.09. The molecule has 26 heavy (non-hydrogen) atoms. The average molecular weight is 355 g/mol. The van der Waals surface area contributed by atoms with E-state index in [1.165, 1.54) is 74.9 Å². The van der Waals surface area contributed by atoms with E-state index < -0.39 is 0 Å². The highest BCUT2D eigenvalue weighted by molar-refractivity contribution is 5.15. The third-order valence-corrected chi connectivity index (χ3v) is 5.12. The number of aryl methyl sites for hydroxylation is 4. The molecular weight excluding hydrogens is 316 g/mol. The summed E-state index contributed by atoms with van der Waals surface area (Å²) in [7, 11) is 0. The van der Waals surface area contributed by atoms with E-state index in [0.29, 0.717) is 0 Å². The van der Waals surface area contributed by atoms with Gasteiger partial charge >= 0.3 is 0 Å². The van der Waals surface area contributed by atoms with Crippen LogP contribution in [0.3, 0.4) is 0 Å². The van der Waals surface area contributed by atoms with Crippen molar-refractivity contribution in [3.05, 3.63) is 53.6 Å². The fourth-order valence-corrected chi connectivity index (χ4v) is 3.63. The first-order valence-corrected chi connectivity index (χ1v) is 10.9. The summed E-state index contributed by atoms with van der Waals surface area (Å²) in [5.41, 5.74) is 2.72. The van der Waals surface area contributed by atoms with Crippen LogP contribution < -0.4 is 0 Å². The lowest BCUT2D eigenvalue weighted by Crippen LogP contribution is -2.02. The van der Waals surface area contributed by atoms with Crippen LogP contribution in [-0.2, 0) is 25.8 Å². The van der Waals surface area contributed by atoms with Gasteiger partial charge in [-0.1, -0.05) is 82.7 Å². The van der Waals surface area contributed by atoms with Crippen LogP contribution in [0.5, 0.6) is 0 Å². The van der Waals surface area contributed by atoms with Crippen molar-refractivity contribution in [2.75, 3.05) is 0 Å². The largest absolute Gasteiger partial charge is 0.335 e. The Morgan fingerprint density at radius 2 is 1.46 bits per heavy atom. The number of benzene rings is 1. The quantitative estimate of drug-likeness (QED) is 0.343. The monoisotopic (exact) mass is 354 g/mol. The molecule has 0 aliphatic heterocycles. The van der Waals surface area contributed by atoms with E-state index in [4.69, 9.17) is 4.98 Å². The molecule has 2 aromatic rings. The van der Waals surface area contributed by atoms with Crippen LogP contribution in [0.4, 0.5) is 0 Å². The normalized spacial score (nSPS) is 11.2. The molecule has 0 unspecified atom stereocenters. The molecule has 2 rings (SSSR count). The highest BCUT2D eigenvalue weighted by Crippen LogP contribution is 2.14. The molecule has 0 amide bonds. The predicted molar refractivity (Wildman–Crippen MR) is 113 cm³/mol. The predicted octanol–water partition coefficient (Wildman–Crippen LogP) is 6.76. The van der Waals surface area contributed by atoms with Crippen LogP contribution in [0.2, 0.25) is 0 Å². The molecular formula is C24H38N2. The molecule has 0 fully saturated rings. The van der Waals surface area contributed by atoms with Crippen molar-refractivity contribution in [3.8, 4) is 0 Å². The van der Waals surface area contributed by atoms with Gasteiger partial charge in [-0.05, 0) is 37.7 Å². The second kappa shape index (κ2) is 12.7. The first-order chi connectivity index (χ1) is 12.8. The average Bonchev–Trinajstić information content (AvgIpc) is 3.04.